The minimum absolute atomic E-state index is 0.396. The highest BCUT2D eigenvalue weighted by Crippen LogP contribution is 2.14. The fraction of sp³-hybridized carbons (Fsp3) is 1.00. The Hall–Kier alpha value is 0.440. The number of hydrogen-bond donors (Lipinski definition) is 0. The summed E-state index contributed by atoms with van der Waals surface area (Å²) >= 11 is 3.16. The van der Waals surface area contributed by atoms with E-state index in [1.807, 2.05) is 0 Å². The summed E-state index contributed by atoms with van der Waals surface area (Å²) in [5, 5.41) is 0.396. The van der Waals surface area contributed by atoms with Gasteiger partial charge >= 0.3 is 0 Å². The lowest BCUT2D eigenvalue weighted by Gasteiger charge is -1.48. The molecule has 0 aliphatic carbocycles. The Kier molecular flexibility index (Phi) is 0.461. The third-order valence-corrected chi connectivity index (χ3v) is 0.821. The Balaban J connectivity index is 2.17. The van der Waals surface area contributed by atoms with Crippen molar-refractivity contribution in [3.63, 3.8) is 0 Å². The van der Waals surface area contributed by atoms with Crippen molar-refractivity contribution in [2.45, 2.75) is 5.01 Å². The van der Waals surface area contributed by atoms with E-state index in [1.54, 1.807) is 0 Å². The SMILES string of the molecule is Br[C@H]1CO1. The summed E-state index contributed by atoms with van der Waals surface area (Å²) in [6, 6.07) is 0. The molecule has 1 saturated heterocycles. The van der Waals surface area contributed by atoms with Gasteiger partial charge in [0.15, 0.2) is 0 Å². The second-order valence-corrected chi connectivity index (χ2v) is 1.76. The molecule has 0 aromatic rings. The summed E-state index contributed by atoms with van der Waals surface area (Å²) in [5.41, 5.74) is 0. The van der Waals surface area contributed by atoms with Crippen LogP contribution in [0, 0.1) is 0 Å². The van der Waals surface area contributed by atoms with E-state index in [0.717, 1.165) is 6.61 Å². The zero-order chi connectivity index (χ0) is 2.99. The quantitative estimate of drug-likeness (QED) is 0.341. The second-order valence-electron chi connectivity index (χ2n) is 0.743. The van der Waals surface area contributed by atoms with E-state index in [1.165, 1.54) is 0 Å². The standard InChI is InChI=1S/C2H3BrO/c3-2-1-4-2/h2H,1H2/t2-/m1/s1. The molecule has 2 heteroatoms. The molecule has 0 aromatic heterocycles. The highest BCUT2D eigenvalue weighted by molar-refractivity contribution is 9.09. The van der Waals surface area contributed by atoms with Crippen LogP contribution < -0.4 is 0 Å². The predicted molar refractivity (Wildman–Crippen MR) is 18.7 cm³/mol. The topological polar surface area (TPSA) is 12.5 Å². The van der Waals surface area contributed by atoms with Gasteiger partial charge in [-0.1, -0.05) is 15.9 Å². The van der Waals surface area contributed by atoms with Crippen molar-refractivity contribution in [2.75, 3.05) is 6.61 Å². The average molecular weight is 123 g/mol. The van der Waals surface area contributed by atoms with E-state index in [9.17, 15) is 0 Å². The summed E-state index contributed by atoms with van der Waals surface area (Å²) < 4.78 is 4.62. The number of alkyl halides is 1. The van der Waals surface area contributed by atoms with Crippen molar-refractivity contribution in [2.24, 2.45) is 0 Å². The fourth-order valence-corrected chi connectivity index (χ4v) is 0.189. The molecule has 1 aliphatic rings. The van der Waals surface area contributed by atoms with Crippen LogP contribution in [0.15, 0.2) is 0 Å². The van der Waals surface area contributed by atoms with Crippen LogP contribution in [0.3, 0.4) is 0 Å². The van der Waals surface area contributed by atoms with Crippen molar-refractivity contribution in [1.29, 1.82) is 0 Å². The molecule has 1 atom stereocenters. The van der Waals surface area contributed by atoms with Crippen LogP contribution in [0.1, 0.15) is 0 Å². The molecule has 24 valence electrons. The molecular formula is C2H3BrO. The second kappa shape index (κ2) is 0.692. The predicted octanol–water partition coefficient (Wildman–Crippen LogP) is 0.738. The van der Waals surface area contributed by atoms with Crippen LogP contribution in [0.5, 0.6) is 0 Å². The zero-order valence-electron chi connectivity index (χ0n) is 2.07. The zero-order valence-corrected chi connectivity index (χ0v) is 3.66. The van der Waals surface area contributed by atoms with Gasteiger partial charge in [-0.05, 0) is 0 Å². The minimum atomic E-state index is 0.396. The Morgan fingerprint density at radius 2 is 2.25 bits per heavy atom. The molecule has 1 nitrogen and oxygen atoms in total. The molecule has 0 spiro atoms. The summed E-state index contributed by atoms with van der Waals surface area (Å²) in [6.45, 7) is 0.903. The lowest BCUT2D eigenvalue weighted by molar-refractivity contribution is 0.463. The molecular weight excluding hydrogens is 120 g/mol. The summed E-state index contributed by atoms with van der Waals surface area (Å²) in [4.78, 5) is 0. The largest absolute Gasteiger partial charge is 0.361 e. The number of hydrogen-bond acceptors (Lipinski definition) is 1. The maximum absolute atomic E-state index is 4.62. The Morgan fingerprint density at radius 1 is 2.00 bits per heavy atom. The number of halogens is 1. The third kappa shape index (κ3) is 0.428. The van der Waals surface area contributed by atoms with Gasteiger partial charge in [-0.2, -0.15) is 0 Å². The molecule has 1 rings (SSSR count). The van der Waals surface area contributed by atoms with Crippen LogP contribution in [0.4, 0.5) is 0 Å². The molecule has 0 amide bonds. The molecule has 0 bridgehead atoms. The molecule has 0 radical (unpaired) electrons. The molecule has 1 aliphatic heterocycles. The molecule has 0 aromatic carbocycles. The molecule has 1 heterocycles. The van der Waals surface area contributed by atoms with Crippen LogP contribution in [0.25, 0.3) is 0 Å². The highest BCUT2D eigenvalue weighted by atomic mass is 79.9. The van der Waals surface area contributed by atoms with Crippen molar-refractivity contribution < 1.29 is 4.74 Å². The van der Waals surface area contributed by atoms with Gasteiger partial charge in [0.1, 0.15) is 5.01 Å². The van der Waals surface area contributed by atoms with Crippen molar-refractivity contribution >= 4 is 15.9 Å². The van der Waals surface area contributed by atoms with Crippen molar-refractivity contribution in [1.82, 2.24) is 0 Å². The van der Waals surface area contributed by atoms with Gasteiger partial charge in [-0.25, -0.2) is 0 Å². The first kappa shape index (κ1) is 2.67. The van der Waals surface area contributed by atoms with E-state index >= 15 is 0 Å². The van der Waals surface area contributed by atoms with Crippen LogP contribution in [-0.2, 0) is 4.74 Å². The Labute approximate surface area is 33.1 Å². The normalized spacial score (nSPS) is 39.8. The maximum atomic E-state index is 4.62. The average Bonchev–Trinajstić information content (AvgIpc) is 1.75. The highest BCUT2D eigenvalue weighted by Gasteiger charge is 2.15. The van der Waals surface area contributed by atoms with Gasteiger partial charge in [0.05, 0.1) is 6.61 Å². The van der Waals surface area contributed by atoms with Gasteiger partial charge in [-0.15, -0.1) is 0 Å². The monoisotopic (exact) mass is 122 g/mol. The van der Waals surface area contributed by atoms with Crippen molar-refractivity contribution in [3.8, 4) is 0 Å². The van der Waals surface area contributed by atoms with Crippen LogP contribution in [0.2, 0.25) is 0 Å². The van der Waals surface area contributed by atoms with E-state index in [4.69, 9.17) is 0 Å². The van der Waals surface area contributed by atoms with E-state index < -0.39 is 0 Å². The van der Waals surface area contributed by atoms with Gasteiger partial charge in [0.2, 0.25) is 0 Å². The number of epoxide rings is 1. The van der Waals surface area contributed by atoms with Gasteiger partial charge in [0.25, 0.3) is 0 Å². The molecule has 0 N–H and O–H groups in total. The third-order valence-electron chi connectivity index (χ3n) is 0.293. The Morgan fingerprint density at radius 3 is 2.25 bits per heavy atom. The summed E-state index contributed by atoms with van der Waals surface area (Å²) in [6.07, 6.45) is 0. The first-order valence-corrected chi connectivity index (χ1v) is 2.07. The van der Waals surface area contributed by atoms with E-state index in [2.05, 4.69) is 20.7 Å². The van der Waals surface area contributed by atoms with Gasteiger partial charge < -0.3 is 4.74 Å². The molecule has 0 saturated carbocycles. The van der Waals surface area contributed by atoms with Gasteiger partial charge in [-0.3, -0.25) is 0 Å². The molecule has 0 unspecified atom stereocenters. The fourth-order valence-electron chi connectivity index (χ4n) is 0.0364. The van der Waals surface area contributed by atoms with Crippen LogP contribution in [-0.4, -0.2) is 11.6 Å². The lowest BCUT2D eigenvalue weighted by atomic mass is 11.0. The van der Waals surface area contributed by atoms with E-state index in [-0.39, 0.29) is 0 Å². The maximum Gasteiger partial charge on any atom is 0.135 e. The van der Waals surface area contributed by atoms with Crippen molar-refractivity contribution in [3.05, 3.63) is 0 Å². The minimum Gasteiger partial charge on any atom is -0.361 e. The smallest absolute Gasteiger partial charge is 0.135 e. The molecule has 1 fully saturated rings. The first-order chi connectivity index (χ1) is 1.89. The van der Waals surface area contributed by atoms with Gasteiger partial charge in [0, 0.05) is 0 Å². The molecule has 4 heavy (non-hydrogen) atoms. The number of rotatable bonds is 0. The summed E-state index contributed by atoms with van der Waals surface area (Å²) in [5.74, 6) is 0. The first-order valence-electron chi connectivity index (χ1n) is 1.15. The van der Waals surface area contributed by atoms with E-state index in [0.29, 0.717) is 5.01 Å². The number of ether oxygens (including phenoxy) is 1. The Bertz CT molecular complexity index is 25.2. The summed E-state index contributed by atoms with van der Waals surface area (Å²) in [7, 11) is 0. The van der Waals surface area contributed by atoms with Crippen LogP contribution >= 0.6 is 15.9 Å². The lowest BCUT2D eigenvalue weighted by Crippen LogP contribution is -1.49.